The number of piperidine rings is 1. The number of nitrogens with zero attached hydrogens (tertiary/aromatic N) is 3. The van der Waals surface area contributed by atoms with E-state index in [1.54, 1.807) is 24.1 Å². The molecule has 0 N–H and O–H groups in total. The molecule has 0 radical (unpaired) electrons. The fraction of sp³-hybridized carbons (Fsp3) is 0.632. The number of carbonyl (C=O) groups excluding carboxylic acids is 1. The molecule has 1 aromatic rings. The van der Waals surface area contributed by atoms with Crippen molar-refractivity contribution in [2.45, 2.75) is 38.3 Å². The molecule has 4 nitrogen and oxygen atoms in total. The van der Waals surface area contributed by atoms with Gasteiger partial charge in [-0.05, 0) is 51.4 Å². The van der Waals surface area contributed by atoms with Crippen molar-refractivity contribution in [2.24, 2.45) is 0 Å². The van der Waals surface area contributed by atoms with Crippen molar-refractivity contribution < 1.29 is 9.18 Å². The normalized spacial score (nSPS) is 22.7. The van der Waals surface area contributed by atoms with Gasteiger partial charge >= 0.3 is 0 Å². The minimum absolute atomic E-state index is 0.0697. The molecule has 0 bridgehead atoms. The monoisotopic (exact) mass is 333 g/mol. The van der Waals surface area contributed by atoms with Crippen LogP contribution in [-0.4, -0.2) is 66.4 Å². The van der Waals surface area contributed by atoms with Crippen LogP contribution in [-0.2, 0) is 11.3 Å². The van der Waals surface area contributed by atoms with Gasteiger partial charge in [-0.3, -0.25) is 14.6 Å². The second-order valence-corrected chi connectivity index (χ2v) is 7.12. The van der Waals surface area contributed by atoms with Crippen molar-refractivity contribution in [2.75, 3.05) is 39.8 Å². The summed E-state index contributed by atoms with van der Waals surface area (Å²) in [6, 6.07) is 7.27. The van der Waals surface area contributed by atoms with E-state index in [4.69, 9.17) is 0 Å². The van der Waals surface area contributed by atoms with Crippen molar-refractivity contribution in [3.63, 3.8) is 0 Å². The van der Waals surface area contributed by atoms with Gasteiger partial charge in [-0.2, -0.15) is 0 Å². The summed E-state index contributed by atoms with van der Waals surface area (Å²) in [4.78, 5) is 19.0. The van der Waals surface area contributed by atoms with Gasteiger partial charge in [0.1, 0.15) is 5.82 Å². The molecule has 1 amide bonds. The first-order chi connectivity index (χ1) is 11.6. The minimum Gasteiger partial charge on any atom is -0.340 e. The Morgan fingerprint density at radius 2 is 1.96 bits per heavy atom. The van der Waals surface area contributed by atoms with Crippen LogP contribution in [0.15, 0.2) is 24.3 Å². The lowest BCUT2D eigenvalue weighted by atomic mass is 10.0. The van der Waals surface area contributed by atoms with Gasteiger partial charge in [0.15, 0.2) is 0 Å². The van der Waals surface area contributed by atoms with E-state index in [1.807, 2.05) is 6.07 Å². The summed E-state index contributed by atoms with van der Waals surface area (Å²) >= 11 is 0. The maximum absolute atomic E-state index is 13.7. The lowest BCUT2D eigenvalue weighted by Crippen LogP contribution is -2.49. The van der Waals surface area contributed by atoms with Crippen LogP contribution < -0.4 is 0 Å². The zero-order valence-corrected chi connectivity index (χ0v) is 14.6. The van der Waals surface area contributed by atoms with Crippen LogP contribution in [0.3, 0.4) is 0 Å². The van der Waals surface area contributed by atoms with Crippen molar-refractivity contribution in [1.29, 1.82) is 0 Å². The average Bonchev–Trinajstić information content (AvgIpc) is 3.12. The summed E-state index contributed by atoms with van der Waals surface area (Å²) < 4.78 is 13.7. The number of benzene rings is 1. The molecule has 132 valence electrons. The Morgan fingerprint density at radius 1 is 1.21 bits per heavy atom. The second-order valence-electron chi connectivity index (χ2n) is 7.12. The Kier molecular flexibility index (Phi) is 5.85. The molecule has 1 aromatic carbocycles. The van der Waals surface area contributed by atoms with E-state index in [0.29, 0.717) is 24.7 Å². The fourth-order valence-corrected chi connectivity index (χ4v) is 3.86. The molecule has 0 spiro atoms. The SMILES string of the molecule is CN(Cc1ccccc1F)C(=O)CN1CCCC(N2CCCC2)C1. The Balaban J connectivity index is 1.51. The molecule has 0 aromatic heterocycles. The van der Waals surface area contributed by atoms with E-state index in [1.165, 1.54) is 38.4 Å². The molecule has 24 heavy (non-hydrogen) atoms. The summed E-state index contributed by atoms with van der Waals surface area (Å²) in [5.74, 6) is -0.176. The van der Waals surface area contributed by atoms with Crippen LogP contribution in [0.4, 0.5) is 4.39 Å². The van der Waals surface area contributed by atoms with Crippen LogP contribution in [0.1, 0.15) is 31.2 Å². The number of amides is 1. The Morgan fingerprint density at radius 3 is 2.71 bits per heavy atom. The number of hydrogen-bond donors (Lipinski definition) is 0. The van der Waals surface area contributed by atoms with E-state index in [0.717, 1.165) is 19.5 Å². The molecule has 0 saturated carbocycles. The predicted molar refractivity (Wildman–Crippen MR) is 93.1 cm³/mol. The van der Waals surface area contributed by atoms with Crippen molar-refractivity contribution in [1.82, 2.24) is 14.7 Å². The summed E-state index contributed by atoms with van der Waals surface area (Å²) in [7, 11) is 1.76. The standard InChI is InChI=1S/C19H28FN3O/c1-21(13-16-7-2-3-9-18(16)20)19(24)15-22-10-6-8-17(14-22)23-11-4-5-12-23/h2-3,7,9,17H,4-6,8,10-15H2,1H3. The highest BCUT2D eigenvalue weighted by atomic mass is 19.1. The largest absolute Gasteiger partial charge is 0.340 e. The molecular weight excluding hydrogens is 305 g/mol. The third-order valence-electron chi connectivity index (χ3n) is 5.29. The van der Waals surface area contributed by atoms with Crippen LogP contribution >= 0.6 is 0 Å². The highest BCUT2D eigenvalue weighted by Crippen LogP contribution is 2.20. The minimum atomic E-state index is -0.246. The topological polar surface area (TPSA) is 26.8 Å². The molecule has 1 unspecified atom stereocenters. The predicted octanol–water partition coefficient (Wildman–Crippen LogP) is 2.34. The van der Waals surface area contributed by atoms with E-state index in [9.17, 15) is 9.18 Å². The van der Waals surface area contributed by atoms with Gasteiger partial charge in [0.25, 0.3) is 0 Å². The summed E-state index contributed by atoms with van der Waals surface area (Å²) in [5.41, 5.74) is 0.571. The highest BCUT2D eigenvalue weighted by Gasteiger charge is 2.28. The van der Waals surface area contributed by atoms with Gasteiger partial charge in [-0.1, -0.05) is 18.2 Å². The molecule has 2 fully saturated rings. The maximum Gasteiger partial charge on any atom is 0.236 e. The number of carbonyl (C=O) groups is 1. The molecule has 5 heteroatoms. The maximum atomic E-state index is 13.7. The average molecular weight is 333 g/mol. The number of likely N-dealkylation sites (N-methyl/N-ethyl adjacent to an activating group) is 1. The fourth-order valence-electron chi connectivity index (χ4n) is 3.86. The Labute approximate surface area is 144 Å². The van der Waals surface area contributed by atoms with Crippen LogP contribution in [0.2, 0.25) is 0 Å². The van der Waals surface area contributed by atoms with E-state index in [-0.39, 0.29) is 11.7 Å². The number of halogens is 1. The third kappa shape index (κ3) is 4.33. The van der Waals surface area contributed by atoms with Crippen LogP contribution in [0, 0.1) is 5.82 Å². The molecule has 2 aliphatic heterocycles. The van der Waals surface area contributed by atoms with Crippen molar-refractivity contribution in [3.05, 3.63) is 35.6 Å². The summed E-state index contributed by atoms with van der Waals surface area (Å²) in [6.45, 7) is 5.16. The molecule has 2 heterocycles. The lowest BCUT2D eigenvalue weighted by Gasteiger charge is -2.37. The number of hydrogen-bond acceptors (Lipinski definition) is 3. The first kappa shape index (κ1) is 17.4. The zero-order chi connectivity index (χ0) is 16.9. The van der Waals surface area contributed by atoms with E-state index >= 15 is 0 Å². The zero-order valence-electron chi connectivity index (χ0n) is 14.6. The van der Waals surface area contributed by atoms with Gasteiger partial charge in [0, 0.05) is 31.7 Å². The smallest absolute Gasteiger partial charge is 0.236 e. The van der Waals surface area contributed by atoms with Crippen molar-refractivity contribution in [3.8, 4) is 0 Å². The summed E-state index contributed by atoms with van der Waals surface area (Å²) in [6.07, 6.45) is 5.02. The third-order valence-corrected chi connectivity index (χ3v) is 5.29. The number of rotatable bonds is 5. The molecule has 0 aliphatic carbocycles. The van der Waals surface area contributed by atoms with E-state index in [2.05, 4.69) is 9.80 Å². The van der Waals surface area contributed by atoms with Gasteiger partial charge in [0.2, 0.25) is 5.91 Å². The quantitative estimate of drug-likeness (QED) is 0.827. The first-order valence-electron chi connectivity index (χ1n) is 9.07. The Hall–Kier alpha value is -1.46. The first-order valence-corrected chi connectivity index (χ1v) is 9.07. The molecule has 2 aliphatic rings. The van der Waals surface area contributed by atoms with Gasteiger partial charge in [-0.15, -0.1) is 0 Å². The molecule has 3 rings (SSSR count). The molecular formula is C19H28FN3O. The highest BCUT2D eigenvalue weighted by molar-refractivity contribution is 5.78. The Bertz CT molecular complexity index is 559. The van der Waals surface area contributed by atoms with Gasteiger partial charge < -0.3 is 4.90 Å². The van der Waals surface area contributed by atoms with Gasteiger partial charge in [-0.25, -0.2) is 4.39 Å². The second kappa shape index (κ2) is 8.08. The number of likely N-dealkylation sites (tertiary alicyclic amines) is 2. The van der Waals surface area contributed by atoms with E-state index < -0.39 is 0 Å². The molecule has 2 saturated heterocycles. The summed E-state index contributed by atoms with van der Waals surface area (Å²) in [5, 5.41) is 0. The van der Waals surface area contributed by atoms with Crippen LogP contribution in [0.25, 0.3) is 0 Å². The lowest BCUT2D eigenvalue weighted by molar-refractivity contribution is -0.132. The van der Waals surface area contributed by atoms with Crippen LogP contribution in [0.5, 0.6) is 0 Å². The van der Waals surface area contributed by atoms with Gasteiger partial charge in [0.05, 0.1) is 6.54 Å². The molecule has 1 atom stereocenters. The van der Waals surface area contributed by atoms with Crippen molar-refractivity contribution >= 4 is 5.91 Å².